The number of aliphatic imine (C=N–C) groups is 1. The minimum Gasteiger partial charge on any atom is -0.481 e. The molecular formula is C35H46ClN7O7. The van der Waals surface area contributed by atoms with E-state index in [2.05, 4.69) is 15.6 Å². The zero-order valence-electron chi connectivity index (χ0n) is 27.8. The van der Waals surface area contributed by atoms with Crippen LogP contribution in [0.25, 0.3) is 0 Å². The Balaban J connectivity index is 2.00. The zero-order valence-corrected chi connectivity index (χ0v) is 28.6. The molecule has 15 heteroatoms. The van der Waals surface area contributed by atoms with Crippen LogP contribution >= 0.6 is 11.6 Å². The lowest BCUT2D eigenvalue weighted by molar-refractivity contribution is -0.146. The lowest BCUT2D eigenvalue weighted by atomic mass is 9.80. The normalized spacial score (nSPS) is 16.0. The molecule has 0 unspecified atom stereocenters. The molecule has 9 N–H and O–H groups in total. The molecule has 1 aliphatic rings. The molecule has 4 atom stereocenters. The zero-order chi connectivity index (χ0) is 36.6. The van der Waals surface area contributed by atoms with Crippen molar-refractivity contribution in [3.63, 3.8) is 0 Å². The Labute approximate surface area is 296 Å². The van der Waals surface area contributed by atoms with E-state index in [9.17, 15) is 33.9 Å². The summed E-state index contributed by atoms with van der Waals surface area (Å²) >= 11 is 5.66. The van der Waals surface area contributed by atoms with Gasteiger partial charge in [0.2, 0.25) is 23.6 Å². The molecule has 0 saturated carbocycles. The molecule has 1 heterocycles. The number of carbonyl (C=O) groups is 6. The van der Waals surface area contributed by atoms with Crippen LogP contribution in [0.3, 0.4) is 0 Å². The highest BCUT2D eigenvalue weighted by Crippen LogP contribution is 2.31. The van der Waals surface area contributed by atoms with Crippen molar-refractivity contribution in [3.8, 4) is 0 Å². The summed E-state index contributed by atoms with van der Waals surface area (Å²) in [5.41, 5.74) is 18.0. The quantitative estimate of drug-likeness (QED) is 0.0533. The summed E-state index contributed by atoms with van der Waals surface area (Å²) in [5.74, 6) is -6.24. The highest BCUT2D eigenvalue weighted by atomic mass is 35.5. The third kappa shape index (κ3) is 11.9. The van der Waals surface area contributed by atoms with E-state index in [1.165, 1.54) is 4.90 Å². The van der Waals surface area contributed by atoms with Crippen molar-refractivity contribution in [3.05, 3.63) is 71.8 Å². The fraction of sp³-hybridized carbons (Fsp3) is 0.457. The number of piperidine rings is 1. The van der Waals surface area contributed by atoms with Gasteiger partial charge < -0.3 is 37.8 Å². The first-order valence-electron chi connectivity index (χ1n) is 16.6. The lowest BCUT2D eigenvalue weighted by Gasteiger charge is -2.38. The van der Waals surface area contributed by atoms with Crippen molar-refractivity contribution < 1.29 is 33.9 Å². The molecule has 1 fully saturated rings. The van der Waals surface area contributed by atoms with E-state index in [0.717, 1.165) is 11.1 Å². The number of ketones is 1. The van der Waals surface area contributed by atoms with Crippen LogP contribution in [0.4, 0.5) is 0 Å². The number of rotatable bonds is 19. The van der Waals surface area contributed by atoms with E-state index in [0.29, 0.717) is 19.3 Å². The predicted octanol–water partition coefficient (Wildman–Crippen LogP) is 1.39. The number of primary amides is 1. The van der Waals surface area contributed by atoms with Crippen molar-refractivity contribution in [1.82, 2.24) is 15.5 Å². The number of carboxylic acid groups (broad SMARTS) is 1. The number of Topliss-reactive ketones (excluding diaryl/α,β-unsaturated/α-hetero) is 1. The Bertz CT molecular complexity index is 1470. The van der Waals surface area contributed by atoms with Gasteiger partial charge in [-0.05, 0) is 49.7 Å². The number of halogens is 1. The van der Waals surface area contributed by atoms with Crippen LogP contribution in [-0.4, -0.2) is 88.4 Å². The second-order valence-corrected chi connectivity index (χ2v) is 12.5. The predicted molar refractivity (Wildman–Crippen MR) is 188 cm³/mol. The first-order valence-corrected chi connectivity index (χ1v) is 17.1. The number of guanidine groups is 1. The number of benzene rings is 2. The third-order valence-corrected chi connectivity index (χ3v) is 8.88. The van der Waals surface area contributed by atoms with Crippen molar-refractivity contribution in [2.75, 3.05) is 19.0 Å². The first kappa shape index (κ1) is 39.5. The average molecular weight is 712 g/mol. The largest absolute Gasteiger partial charge is 0.481 e. The molecule has 270 valence electrons. The molecule has 0 bridgehead atoms. The second kappa shape index (κ2) is 19.9. The number of carboxylic acids is 1. The molecule has 2 aromatic rings. The van der Waals surface area contributed by atoms with Crippen LogP contribution in [0.15, 0.2) is 65.7 Å². The van der Waals surface area contributed by atoms with Crippen molar-refractivity contribution in [2.24, 2.45) is 28.1 Å². The molecule has 0 radical (unpaired) electrons. The Morgan fingerprint density at radius 3 is 2.06 bits per heavy atom. The van der Waals surface area contributed by atoms with E-state index in [4.69, 9.17) is 28.8 Å². The third-order valence-electron chi connectivity index (χ3n) is 8.64. The first-order chi connectivity index (χ1) is 23.9. The van der Waals surface area contributed by atoms with E-state index in [1.54, 1.807) is 0 Å². The summed E-state index contributed by atoms with van der Waals surface area (Å²) in [6, 6.07) is 14.9. The van der Waals surface area contributed by atoms with Gasteiger partial charge in [-0.1, -0.05) is 60.7 Å². The van der Waals surface area contributed by atoms with E-state index in [1.807, 2.05) is 60.7 Å². The van der Waals surface area contributed by atoms with E-state index in [-0.39, 0.29) is 44.7 Å². The van der Waals surface area contributed by atoms with Crippen molar-refractivity contribution in [2.45, 2.75) is 75.4 Å². The number of nitrogens with zero attached hydrogens (tertiary/aromatic N) is 2. The molecule has 0 spiro atoms. The number of carbonyl (C=O) groups excluding carboxylic acids is 5. The number of nitrogens with one attached hydrogen (secondary N) is 2. The molecule has 14 nitrogen and oxygen atoms in total. The highest BCUT2D eigenvalue weighted by Gasteiger charge is 2.40. The topological polar surface area (TPSA) is 240 Å². The maximum Gasteiger partial charge on any atom is 0.303 e. The fourth-order valence-electron chi connectivity index (χ4n) is 6.18. The highest BCUT2D eigenvalue weighted by molar-refractivity contribution is 6.27. The summed E-state index contributed by atoms with van der Waals surface area (Å²) in [5, 5.41) is 14.7. The van der Waals surface area contributed by atoms with Gasteiger partial charge in [-0.25, -0.2) is 0 Å². The summed E-state index contributed by atoms with van der Waals surface area (Å²) in [6.07, 6.45) is 1.19. The van der Waals surface area contributed by atoms with Crippen LogP contribution < -0.4 is 27.8 Å². The smallest absolute Gasteiger partial charge is 0.303 e. The number of likely N-dealkylation sites (tertiary alicyclic amines) is 1. The number of amides is 4. The Morgan fingerprint density at radius 2 is 1.52 bits per heavy atom. The minimum atomic E-state index is -1.22. The molecule has 0 aromatic heterocycles. The van der Waals surface area contributed by atoms with Crippen LogP contribution in [0.2, 0.25) is 0 Å². The van der Waals surface area contributed by atoms with Gasteiger partial charge in [0.1, 0.15) is 18.0 Å². The van der Waals surface area contributed by atoms with E-state index < -0.39 is 77.6 Å². The second-order valence-electron chi connectivity index (χ2n) is 12.2. The molecule has 3 rings (SSSR count). The van der Waals surface area contributed by atoms with Gasteiger partial charge in [0.05, 0.1) is 6.04 Å². The molecule has 4 amide bonds. The van der Waals surface area contributed by atoms with Gasteiger partial charge in [0, 0.05) is 37.8 Å². The van der Waals surface area contributed by atoms with Gasteiger partial charge in [0.25, 0.3) is 0 Å². The number of hydrogen-bond donors (Lipinski definition) is 6. The molecule has 1 aliphatic heterocycles. The fourth-order valence-corrected chi connectivity index (χ4v) is 6.26. The Hall–Kier alpha value is -4.98. The summed E-state index contributed by atoms with van der Waals surface area (Å²) in [4.78, 5) is 83.7. The molecule has 1 saturated heterocycles. The Kier molecular flexibility index (Phi) is 15.7. The maximum absolute atomic E-state index is 14.3. The maximum atomic E-state index is 14.3. The molecule has 0 aliphatic carbocycles. The Morgan fingerprint density at radius 1 is 0.900 bits per heavy atom. The van der Waals surface area contributed by atoms with Crippen LogP contribution in [0.1, 0.15) is 68.4 Å². The monoisotopic (exact) mass is 711 g/mol. The van der Waals surface area contributed by atoms with Gasteiger partial charge in [-0.15, -0.1) is 11.6 Å². The average Bonchev–Trinajstić information content (AvgIpc) is 3.11. The molecule has 2 aromatic carbocycles. The van der Waals surface area contributed by atoms with Crippen LogP contribution in [0, 0.1) is 5.92 Å². The molecule has 50 heavy (non-hydrogen) atoms. The molecular weight excluding hydrogens is 666 g/mol. The summed E-state index contributed by atoms with van der Waals surface area (Å²) < 4.78 is 0. The van der Waals surface area contributed by atoms with Crippen molar-refractivity contribution >= 4 is 52.9 Å². The minimum absolute atomic E-state index is 0.0992. The number of nitrogens with two attached hydrogens (primary N) is 3. The number of alkyl halides is 1. The number of aliphatic carboxylic acids is 1. The van der Waals surface area contributed by atoms with Crippen LogP contribution in [0.5, 0.6) is 0 Å². The summed E-state index contributed by atoms with van der Waals surface area (Å²) in [6.45, 7) is 0.414. The van der Waals surface area contributed by atoms with Gasteiger partial charge in [0.15, 0.2) is 11.7 Å². The van der Waals surface area contributed by atoms with Crippen molar-refractivity contribution in [1.29, 1.82) is 0 Å². The van der Waals surface area contributed by atoms with Gasteiger partial charge in [-0.3, -0.25) is 33.8 Å². The van der Waals surface area contributed by atoms with E-state index >= 15 is 0 Å². The standard InChI is InChI=1S/C35H46ClN7O7/c36-21-28(45)41-25(16-17-29(46)47)34(50)43-19-8-7-15-26(43)33(49)42-31(27(44)20-24(32(37)48)14-9-18-40-35(38)39)30(22-10-3-1-4-11-22)23-12-5-2-6-13-23/h1-6,10-13,24-26,30-31H,7-9,14-21H2,(H2,37,48)(H,41,45)(H,42,49)(H,46,47)(H4,38,39,40)/t24-,25+,26+,31-/m1/s1. The SMILES string of the molecule is NC(=O)[C@H](CCCN=C(N)N)CC(=O)[C@@H](NC(=O)[C@@H]1CCCCN1C(=O)[C@H](CCC(=O)O)NC(=O)CCl)C(c1ccccc1)c1ccccc1. The van der Waals surface area contributed by atoms with Crippen LogP contribution in [-0.2, 0) is 28.8 Å². The van der Waals surface area contributed by atoms with Gasteiger partial charge in [-0.2, -0.15) is 0 Å². The lowest BCUT2D eigenvalue weighted by Crippen LogP contribution is -2.59. The summed E-state index contributed by atoms with van der Waals surface area (Å²) in [7, 11) is 0. The number of hydrogen-bond acceptors (Lipinski definition) is 7. The van der Waals surface area contributed by atoms with Gasteiger partial charge >= 0.3 is 5.97 Å².